The minimum Gasteiger partial charge on any atom is -0.493 e. The summed E-state index contributed by atoms with van der Waals surface area (Å²) >= 11 is 0. The first-order chi connectivity index (χ1) is 7.76. The zero-order valence-corrected chi connectivity index (χ0v) is 9.23. The minimum absolute atomic E-state index is 0.218. The molecule has 1 aliphatic rings. The average Bonchev–Trinajstić information content (AvgIpc) is 2.36. The van der Waals surface area contributed by atoms with E-state index < -0.39 is 0 Å². The first kappa shape index (κ1) is 11.0. The highest BCUT2D eigenvalue weighted by molar-refractivity contribution is 5.55. The van der Waals surface area contributed by atoms with Crippen molar-refractivity contribution in [3.8, 4) is 17.2 Å². The van der Waals surface area contributed by atoms with E-state index >= 15 is 0 Å². The van der Waals surface area contributed by atoms with E-state index in [9.17, 15) is 0 Å². The van der Waals surface area contributed by atoms with Gasteiger partial charge >= 0.3 is 0 Å². The zero-order valence-electron chi connectivity index (χ0n) is 9.23. The Hall–Kier alpha value is -1.46. The Morgan fingerprint density at radius 1 is 1.38 bits per heavy atom. The van der Waals surface area contributed by atoms with Gasteiger partial charge in [-0.05, 0) is 17.7 Å². The van der Waals surface area contributed by atoms with Gasteiger partial charge in [0.2, 0.25) is 5.75 Å². The fourth-order valence-corrected chi connectivity index (χ4v) is 1.64. The van der Waals surface area contributed by atoms with E-state index in [0.717, 1.165) is 5.56 Å². The summed E-state index contributed by atoms with van der Waals surface area (Å²) < 4.78 is 16.2. The fraction of sp³-hybridized carbons (Fsp3) is 0.455. The predicted octanol–water partition coefficient (Wildman–Crippen LogP) is 0.425. The number of methoxy groups -OCH3 is 1. The van der Waals surface area contributed by atoms with Crippen LogP contribution in [0.4, 0.5) is 0 Å². The van der Waals surface area contributed by atoms with Gasteiger partial charge in [0.15, 0.2) is 11.5 Å². The van der Waals surface area contributed by atoms with Crippen molar-refractivity contribution in [3.63, 3.8) is 0 Å². The number of hydrogen-bond acceptors (Lipinski definition) is 5. The van der Waals surface area contributed by atoms with Crippen molar-refractivity contribution in [1.82, 2.24) is 0 Å². The maximum absolute atomic E-state index is 5.87. The van der Waals surface area contributed by atoms with Crippen molar-refractivity contribution in [1.29, 1.82) is 0 Å². The lowest BCUT2D eigenvalue weighted by atomic mass is 10.1. The smallest absolute Gasteiger partial charge is 0.203 e. The van der Waals surface area contributed by atoms with Crippen LogP contribution in [-0.2, 0) is 0 Å². The van der Waals surface area contributed by atoms with Crippen molar-refractivity contribution in [2.24, 2.45) is 11.5 Å². The summed E-state index contributed by atoms with van der Waals surface area (Å²) in [5.41, 5.74) is 12.3. The fourth-order valence-electron chi connectivity index (χ4n) is 1.64. The standard InChI is InChI=1S/C11H16N2O3/c1-14-9-4-7(8(13)6-12)5-10-11(9)16-3-2-15-10/h4-5,8H,2-3,6,12-13H2,1H3/t8-/m1/s1. The molecule has 0 bridgehead atoms. The van der Waals surface area contributed by atoms with Crippen LogP contribution in [0.1, 0.15) is 11.6 Å². The number of ether oxygens (including phenoxy) is 3. The molecule has 1 aromatic carbocycles. The highest BCUT2D eigenvalue weighted by atomic mass is 16.6. The van der Waals surface area contributed by atoms with Crippen molar-refractivity contribution in [3.05, 3.63) is 17.7 Å². The summed E-state index contributed by atoms with van der Waals surface area (Å²) in [4.78, 5) is 0. The van der Waals surface area contributed by atoms with Crippen LogP contribution in [0.2, 0.25) is 0 Å². The van der Waals surface area contributed by atoms with Gasteiger partial charge in [-0.25, -0.2) is 0 Å². The maximum atomic E-state index is 5.87. The molecule has 1 atom stereocenters. The Labute approximate surface area is 94.3 Å². The molecule has 0 spiro atoms. The number of benzene rings is 1. The molecule has 2 rings (SSSR count). The van der Waals surface area contributed by atoms with E-state index in [1.165, 1.54) is 0 Å². The molecule has 0 saturated heterocycles. The normalized spacial score (nSPS) is 15.7. The Bertz CT molecular complexity index is 364. The Morgan fingerprint density at radius 3 is 2.81 bits per heavy atom. The third-order valence-electron chi connectivity index (χ3n) is 2.53. The van der Waals surface area contributed by atoms with Crippen molar-refractivity contribution in [2.75, 3.05) is 26.9 Å². The van der Waals surface area contributed by atoms with Crippen LogP contribution in [-0.4, -0.2) is 26.9 Å². The molecule has 5 nitrogen and oxygen atoms in total. The molecule has 0 aromatic heterocycles. The second-order valence-electron chi connectivity index (χ2n) is 3.59. The molecule has 1 aromatic rings. The lowest BCUT2D eigenvalue weighted by Crippen LogP contribution is -2.22. The highest BCUT2D eigenvalue weighted by Crippen LogP contribution is 2.41. The molecule has 0 saturated carbocycles. The lowest BCUT2D eigenvalue weighted by Gasteiger charge is -2.22. The molecule has 0 amide bonds. The second-order valence-corrected chi connectivity index (χ2v) is 3.59. The van der Waals surface area contributed by atoms with Crippen LogP contribution in [0.5, 0.6) is 17.2 Å². The summed E-state index contributed by atoms with van der Waals surface area (Å²) in [5, 5.41) is 0. The van der Waals surface area contributed by atoms with Gasteiger partial charge in [-0.2, -0.15) is 0 Å². The van der Waals surface area contributed by atoms with Gasteiger partial charge in [-0.3, -0.25) is 0 Å². The summed E-state index contributed by atoms with van der Waals surface area (Å²) in [5.74, 6) is 1.95. The molecule has 16 heavy (non-hydrogen) atoms. The first-order valence-corrected chi connectivity index (χ1v) is 5.19. The minimum atomic E-state index is -0.218. The molecule has 88 valence electrons. The molecule has 0 aliphatic carbocycles. The van der Waals surface area contributed by atoms with Gasteiger partial charge in [0, 0.05) is 12.6 Å². The van der Waals surface area contributed by atoms with Crippen LogP contribution >= 0.6 is 0 Å². The Balaban J connectivity index is 2.43. The Kier molecular flexibility index (Phi) is 3.17. The number of hydrogen-bond donors (Lipinski definition) is 2. The maximum Gasteiger partial charge on any atom is 0.203 e. The second kappa shape index (κ2) is 4.59. The summed E-state index contributed by atoms with van der Waals surface area (Å²) in [6.45, 7) is 1.45. The number of nitrogens with two attached hydrogens (primary N) is 2. The highest BCUT2D eigenvalue weighted by Gasteiger charge is 2.19. The van der Waals surface area contributed by atoms with E-state index in [-0.39, 0.29) is 6.04 Å². The SMILES string of the molecule is COc1cc([C@H](N)CN)cc2c1OCCO2. The predicted molar refractivity (Wildman–Crippen MR) is 60.0 cm³/mol. The lowest BCUT2D eigenvalue weighted by molar-refractivity contribution is 0.165. The topological polar surface area (TPSA) is 79.7 Å². The first-order valence-electron chi connectivity index (χ1n) is 5.19. The molecule has 0 fully saturated rings. The van der Waals surface area contributed by atoms with E-state index in [1.807, 2.05) is 12.1 Å². The Morgan fingerprint density at radius 2 is 2.12 bits per heavy atom. The van der Waals surface area contributed by atoms with E-state index in [1.54, 1.807) is 7.11 Å². The monoisotopic (exact) mass is 224 g/mol. The van der Waals surface area contributed by atoms with E-state index in [4.69, 9.17) is 25.7 Å². The van der Waals surface area contributed by atoms with Gasteiger partial charge < -0.3 is 25.7 Å². The third-order valence-corrected chi connectivity index (χ3v) is 2.53. The molecule has 1 heterocycles. The van der Waals surface area contributed by atoms with Crippen LogP contribution in [0.15, 0.2) is 12.1 Å². The summed E-state index contributed by atoms with van der Waals surface area (Å²) in [6.07, 6.45) is 0. The van der Waals surface area contributed by atoms with Gasteiger partial charge in [-0.15, -0.1) is 0 Å². The largest absolute Gasteiger partial charge is 0.493 e. The molecular formula is C11H16N2O3. The van der Waals surface area contributed by atoms with Crippen molar-refractivity contribution in [2.45, 2.75) is 6.04 Å². The molecular weight excluding hydrogens is 208 g/mol. The van der Waals surface area contributed by atoms with Crippen LogP contribution < -0.4 is 25.7 Å². The molecule has 5 heteroatoms. The van der Waals surface area contributed by atoms with Gasteiger partial charge in [0.1, 0.15) is 13.2 Å². The van der Waals surface area contributed by atoms with Gasteiger partial charge in [0.05, 0.1) is 7.11 Å². The van der Waals surface area contributed by atoms with Gasteiger partial charge in [-0.1, -0.05) is 0 Å². The third kappa shape index (κ3) is 1.91. The summed E-state index contributed by atoms with van der Waals surface area (Å²) in [7, 11) is 1.59. The molecule has 0 radical (unpaired) electrons. The number of rotatable bonds is 3. The average molecular weight is 224 g/mol. The zero-order chi connectivity index (χ0) is 11.5. The van der Waals surface area contributed by atoms with E-state index in [2.05, 4.69) is 0 Å². The van der Waals surface area contributed by atoms with E-state index in [0.29, 0.717) is 37.0 Å². The van der Waals surface area contributed by atoms with Crippen molar-refractivity contribution >= 4 is 0 Å². The van der Waals surface area contributed by atoms with Crippen LogP contribution in [0.3, 0.4) is 0 Å². The molecule has 0 unspecified atom stereocenters. The molecule has 1 aliphatic heterocycles. The molecule has 4 N–H and O–H groups in total. The quantitative estimate of drug-likeness (QED) is 0.778. The van der Waals surface area contributed by atoms with Gasteiger partial charge in [0.25, 0.3) is 0 Å². The van der Waals surface area contributed by atoms with Crippen LogP contribution in [0, 0.1) is 0 Å². The number of fused-ring (bicyclic) bond motifs is 1. The van der Waals surface area contributed by atoms with Crippen LogP contribution in [0.25, 0.3) is 0 Å². The summed E-state index contributed by atoms with van der Waals surface area (Å²) in [6, 6.07) is 3.48. The van der Waals surface area contributed by atoms with Crippen molar-refractivity contribution < 1.29 is 14.2 Å².